The standard InChI is InChI=1S/C15H21N3O2/c1-17(2)14(19)10-18(3)15(20)13-6-4-5-11-9-16-8-7-12(11)13/h4-6,16H,7-10H2,1-3H3. The Morgan fingerprint density at radius 1 is 1.25 bits per heavy atom. The van der Waals surface area contributed by atoms with E-state index in [0.29, 0.717) is 0 Å². The normalized spacial score (nSPS) is 13.6. The second kappa shape index (κ2) is 6.05. The van der Waals surface area contributed by atoms with Gasteiger partial charge in [0.05, 0.1) is 6.54 Å². The SMILES string of the molecule is CN(C)C(=O)CN(C)C(=O)c1cccc2c1CCNC2. The summed E-state index contributed by atoms with van der Waals surface area (Å²) in [7, 11) is 5.05. The predicted octanol–water partition coefficient (Wildman–Crippen LogP) is 0.492. The molecule has 2 rings (SSSR count). The second-order valence-electron chi connectivity index (χ2n) is 5.32. The van der Waals surface area contributed by atoms with Crippen LogP contribution < -0.4 is 5.32 Å². The Bertz CT molecular complexity index is 526. The van der Waals surface area contributed by atoms with Crippen molar-refractivity contribution in [3.63, 3.8) is 0 Å². The summed E-state index contributed by atoms with van der Waals surface area (Å²) in [6, 6.07) is 5.80. The van der Waals surface area contributed by atoms with Gasteiger partial charge in [0, 0.05) is 33.3 Å². The van der Waals surface area contributed by atoms with E-state index in [1.54, 1.807) is 21.1 Å². The summed E-state index contributed by atoms with van der Waals surface area (Å²) in [6.45, 7) is 1.79. The average Bonchev–Trinajstić information content (AvgIpc) is 2.45. The van der Waals surface area contributed by atoms with Gasteiger partial charge in [-0.1, -0.05) is 12.1 Å². The predicted molar refractivity (Wildman–Crippen MR) is 77.5 cm³/mol. The van der Waals surface area contributed by atoms with Gasteiger partial charge in [-0.15, -0.1) is 0 Å². The molecule has 0 aromatic heterocycles. The molecule has 0 radical (unpaired) electrons. The lowest BCUT2D eigenvalue weighted by atomic mass is 9.95. The minimum atomic E-state index is -0.0843. The summed E-state index contributed by atoms with van der Waals surface area (Å²) >= 11 is 0. The van der Waals surface area contributed by atoms with Crippen LogP contribution in [-0.2, 0) is 17.8 Å². The van der Waals surface area contributed by atoms with Crippen LogP contribution in [0.2, 0.25) is 0 Å². The highest BCUT2D eigenvalue weighted by atomic mass is 16.2. The average molecular weight is 275 g/mol. The minimum absolute atomic E-state index is 0.0766. The van der Waals surface area contributed by atoms with E-state index in [2.05, 4.69) is 5.32 Å². The Labute approximate surface area is 119 Å². The first-order valence-corrected chi connectivity index (χ1v) is 6.78. The zero-order valence-corrected chi connectivity index (χ0v) is 12.3. The van der Waals surface area contributed by atoms with Gasteiger partial charge in [0.25, 0.3) is 5.91 Å². The molecule has 0 bridgehead atoms. The maximum Gasteiger partial charge on any atom is 0.254 e. The smallest absolute Gasteiger partial charge is 0.254 e. The van der Waals surface area contributed by atoms with Crippen LogP contribution in [0.1, 0.15) is 21.5 Å². The molecule has 0 fully saturated rings. The summed E-state index contributed by atoms with van der Waals surface area (Å²) < 4.78 is 0. The number of likely N-dealkylation sites (N-methyl/N-ethyl adjacent to an activating group) is 2. The highest BCUT2D eigenvalue weighted by Gasteiger charge is 2.21. The van der Waals surface area contributed by atoms with E-state index in [-0.39, 0.29) is 18.4 Å². The van der Waals surface area contributed by atoms with Crippen LogP contribution in [0.5, 0.6) is 0 Å². The highest BCUT2D eigenvalue weighted by molar-refractivity contribution is 5.97. The van der Waals surface area contributed by atoms with Crippen LogP contribution in [0.15, 0.2) is 18.2 Å². The number of fused-ring (bicyclic) bond motifs is 1. The number of nitrogens with zero attached hydrogens (tertiary/aromatic N) is 2. The monoisotopic (exact) mass is 275 g/mol. The Balaban J connectivity index is 2.19. The maximum absolute atomic E-state index is 12.5. The number of amides is 2. The van der Waals surface area contributed by atoms with Crippen LogP contribution >= 0.6 is 0 Å². The van der Waals surface area contributed by atoms with Crippen molar-refractivity contribution in [2.24, 2.45) is 0 Å². The molecule has 0 saturated carbocycles. The Morgan fingerprint density at radius 2 is 2.00 bits per heavy atom. The third kappa shape index (κ3) is 2.99. The van der Waals surface area contributed by atoms with Crippen molar-refractivity contribution in [3.05, 3.63) is 34.9 Å². The Kier molecular flexibility index (Phi) is 4.39. The van der Waals surface area contributed by atoms with Crippen LogP contribution in [-0.4, -0.2) is 55.8 Å². The molecule has 5 heteroatoms. The number of nitrogens with one attached hydrogen (secondary N) is 1. The van der Waals surface area contributed by atoms with Crippen molar-refractivity contribution in [2.75, 3.05) is 34.2 Å². The first-order chi connectivity index (χ1) is 9.50. The van der Waals surface area contributed by atoms with Crippen molar-refractivity contribution in [2.45, 2.75) is 13.0 Å². The fraction of sp³-hybridized carbons (Fsp3) is 0.467. The van der Waals surface area contributed by atoms with Crippen LogP contribution in [0.3, 0.4) is 0 Å². The second-order valence-corrected chi connectivity index (χ2v) is 5.32. The number of benzene rings is 1. The molecule has 0 atom stereocenters. The summed E-state index contributed by atoms with van der Waals surface area (Å²) in [5.74, 6) is -0.161. The molecule has 0 spiro atoms. The molecule has 1 N–H and O–H groups in total. The summed E-state index contributed by atoms with van der Waals surface area (Å²) in [4.78, 5) is 27.2. The zero-order valence-electron chi connectivity index (χ0n) is 12.3. The molecule has 20 heavy (non-hydrogen) atoms. The fourth-order valence-corrected chi connectivity index (χ4v) is 2.35. The molecule has 1 aromatic carbocycles. The number of hydrogen-bond donors (Lipinski definition) is 1. The molecule has 0 saturated heterocycles. The first kappa shape index (κ1) is 14.5. The molecule has 1 heterocycles. The van der Waals surface area contributed by atoms with Gasteiger partial charge in [0.1, 0.15) is 0 Å². The lowest BCUT2D eigenvalue weighted by Crippen LogP contribution is -2.38. The van der Waals surface area contributed by atoms with Gasteiger partial charge >= 0.3 is 0 Å². The minimum Gasteiger partial charge on any atom is -0.347 e. The van der Waals surface area contributed by atoms with Crippen LogP contribution in [0, 0.1) is 0 Å². The first-order valence-electron chi connectivity index (χ1n) is 6.78. The third-order valence-corrected chi connectivity index (χ3v) is 3.59. The quantitative estimate of drug-likeness (QED) is 0.873. The number of carbonyl (C=O) groups excluding carboxylic acids is 2. The summed E-state index contributed by atoms with van der Waals surface area (Å²) in [5, 5.41) is 3.30. The van der Waals surface area contributed by atoms with Gasteiger partial charge in [-0.25, -0.2) is 0 Å². The molecule has 2 amide bonds. The Hall–Kier alpha value is -1.88. The van der Waals surface area contributed by atoms with Crippen LogP contribution in [0.25, 0.3) is 0 Å². The van der Waals surface area contributed by atoms with Crippen molar-refractivity contribution in [3.8, 4) is 0 Å². The molecule has 1 aromatic rings. The molecular formula is C15H21N3O2. The van der Waals surface area contributed by atoms with Gasteiger partial charge < -0.3 is 15.1 Å². The molecule has 1 aliphatic rings. The molecule has 0 unspecified atom stereocenters. The van der Waals surface area contributed by atoms with E-state index in [1.807, 2.05) is 18.2 Å². The lowest BCUT2D eigenvalue weighted by molar-refractivity contribution is -0.129. The van der Waals surface area contributed by atoms with E-state index in [1.165, 1.54) is 15.4 Å². The van der Waals surface area contributed by atoms with Gasteiger partial charge in [-0.05, 0) is 30.2 Å². The van der Waals surface area contributed by atoms with E-state index < -0.39 is 0 Å². The molecule has 1 aliphatic heterocycles. The number of hydrogen-bond acceptors (Lipinski definition) is 3. The third-order valence-electron chi connectivity index (χ3n) is 3.59. The molecule has 108 valence electrons. The van der Waals surface area contributed by atoms with Gasteiger partial charge in [-0.2, -0.15) is 0 Å². The highest BCUT2D eigenvalue weighted by Crippen LogP contribution is 2.19. The number of carbonyl (C=O) groups is 2. The van der Waals surface area contributed by atoms with E-state index in [9.17, 15) is 9.59 Å². The topological polar surface area (TPSA) is 52.7 Å². The van der Waals surface area contributed by atoms with E-state index in [0.717, 1.165) is 30.6 Å². The molecule has 5 nitrogen and oxygen atoms in total. The van der Waals surface area contributed by atoms with E-state index in [4.69, 9.17) is 0 Å². The van der Waals surface area contributed by atoms with Crippen LogP contribution in [0.4, 0.5) is 0 Å². The zero-order chi connectivity index (χ0) is 14.7. The van der Waals surface area contributed by atoms with E-state index >= 15 is 0 Å². The molecule has 0 aliphatic carbocycles. The van der Waals surface area contributed by atoms with Crippen molar-refractivity contribution in [1.82, 2.24) is 15.1 Å². The summed E-state index contributed by atoms with van der Waals surface area (Å²) in [5.41, 5.74) is 3.01. The van der Waals surface area contributed by atoms with Crippen molar-refractivity contribution < 1.29 is 9.59 Å². The Morgan fingerprint density at radius 3 is 2.70 bits per heavy atom. The van der Waals surface area contributed by atoms with Crippen molar-refractivity contribution in [1.29, 1.82) is 0 Å². The van der Waals surface area contributed by atoms with Gasteiger partial charge in [0.15, 0.2) is 0 Å². The molecular weight excluding hydrogens is 254 g/mol. The summed E-state index contributed by atoms with van der Waals surface area (Å²) in [6.07, 6.45) is 0.854. The lowest BCUT2D eigenvalue weighted by Gasteiger charge is -2.23. The van der Waals surface area contributed by atoms with Gasteiger partial charge in [0.2, 0.25) is 5.91 Å². The number of rotatable bonds is 3. The van der Waals surface area contributed by atoms with Gasteiger partial charge in [-0.3, -0.25) is 9.59 Å². The fourth-order valence-electron chi connectivity index (χ4n) is 2.35. The largest absolute Gasteiger partial charge is 0.347 e. The maximum atomic E-state index is 12.5. The van der Waals surface area contributed by atoms with Crippen molar-refractivity contribution >= 4 is 11.8 Å².